The largest absolute Gasteiger partial charge is 0.497 e. The van der Waals surface area contributed by atoms with Crippen LogP contribution < -0.4 is 15.2 Å². The van der Waals surface area contributed by atoms with Gasteiger partial charge < -0.3 is 15.2 Å². The van der Waals surface area contributed by atoms with Crippen molar-refractivity contribution in [3.05, 3.63) is 41.7 Å². The second kappa shape index (κ2) is 5.86. The third-order valence-electron chi connectivity index (χ3n) is 2.52. The van der Waals surface area contributed by atoms with Crippen molar-refractivity contribution in [3.63, 3.8) is 0 Å². The molecule has 0 aliphatic rings. The normalized spacial score (nSPS) is 11.2. The number of aromatic nitrogens is 2. The van der Waals surface area contributed by atoms with E-state index in [0.717, 1.165) is 11.6 Å². The smallest absolute Gasteiger partial charge is 0.451 e. The summed E-state index contributed by atoms with van der Waals surface area (Å²) in [7, 11) is 1.54. The third kappa shape index (κ3) is 3.98. The molecule has 2 aromatic rings. The van der Waals surface area contributed by atoms with Crippen molar-refractivity contribution >= 4 is 5.82 Å². The van der Waals surface area contributed by atoms with E-state index in [1.54, 1.807) is 24.3 Å². The Bertz CT molecular complexity index is 615. The first-order valence-corrected chi connectivity index (χ1v) is 5.86. The molecule has 0 spiro atoms. The fraction of sp³-hybridized carbons (Fsp3) is 0.231. The van der Waals surface area contributed by atoms with Crippen molar-refractivity contribution in [3.8, 4) is 11.6 Å². The van der Waals surface area contributed by atoms with Gasteiger partial charge in [0, 0.05) is 6.07 Å². The van der Waals surface area contributed by atoms with Crippen LogP contribution in [0.25, 0.3) is 0 Å². The quantitative estimate of drug-likeness (QED) is 0.940. The van der Waals surface area contributed by atoms with Gasteiger partial charge in [-0.3, -0.25) is 0 Å². The maximum Gasteiger partial charge on any atom is 0.451 e. The number of nitrogens with zero attached hydrogens (tertiary/aromatic N) is 2. The minimum atomic E-state index is -4.67. The summed E-state index contributed by atoms with van der Waals surface area (Å²) < 4.78 is 47.8. The predicted octanol–water partition coefficient (Wildman–Crippen LogP) is 2.67. The highest BCUT2D eigenvalue weighted by atomic mass is 19.4. The van der Waals surface area contributed by atoms with Crippen LogP contribution in [0.1, 0.15) is 11.4 Å². The van der Waals surface area contributed by atoms with Crippen LogP contribution >= 0.6 is 0 Å². The number of rotatable bonds is 4. The minimum absolute atomic E-state index is 0.0533. The molecule has 1 aromatic heterocycles. The maximum absolute atomic E-state index is 12.5. The van der Waals surface area contributed by atoms with Gasteiger partial charge in [0.15, 0.2) is 0 Å². The number of ether oxygens (including phenoxy) is 2. The van der Waals surface area contributed by atoms with Gasteiger partial charge in [-0.1, -0.05) is 12.1 Å². The molecule has 0 aliphatic heterocycles. The van der Waals surface area contributed by atoms with Crippen LogP contribution in [-0.2, 0) is 12.8 Å². The number of alkyl halides is 3. The van der Waals surface area contributed by atoms with Gasteiger partial charge in [0.1, 0.15) is 18.2 Å². The second-order valence-corrected chi connectivity index (χ2v) is 4.09. The van der Waals surface area contributed by atoms with Crippen LogP contribution in [0.15, 0.2) is 30.3 Å². The lowest BCUT2D eigenvalue weighted by atomic mass is 10.2. The number of hydrogen-bond acceptors (Lipinski definition) is 5. The number of methoxy groups -OCH3 is 1. The molecule has 2 rings (SSSR count). The molecule has 21 heavy (non-hydrogen) atoms. The zero-order valence-corrected chi connectivity index (χ0v) is 11.0. The van der Waals surface area contributed by atoms with Gasteiger partial charge in [-0.25, -0.2) is 4.98 Å². The summed E-state index contributed by atoms with van der Waals surface area (Å²) in [6, 6.07) is 8.03. The third-order valence-corrected chi connectivity index (χ3v) is 2.52. The summed E-state index contributed by atoms with van der Waals surface area (Å²) in [5, 5.41) is 0. The van der Waals surface area contributed by atoms with Crippen LogP contribution in [0, 0.1) is 0 Å². The average Bonchev–Trinajstić information content (AvgIpc) is 2.44. The summed E-state index contributed by atoms with van der Waals surface area (Å²) in [5.74, 6) is -1.19. The predicted molar refractivity (Wildman–Crippen MR) is 68.8 cm³/mol. The van der Waals surface area contributed by atoms with Gasteiger partial charge >= 0.3 is 6.18 Å². The van der Waals surface area contributed by atoms with E-state index in [0.29, 0.717) is 5.75 Å². The Morgan fingerprint density at radius 2 is 1.81 bits per heavy atom. The van der Waals surface area contributed by atoms with E-state index < -0.39 is 12.0 Å². The molecule has 1 heterocycles. The molecule has 0 atom stereocenters. The van der Waals surface area contributed by atoms with Crippen LogP contribution in [0.3, 0.4) is 0 Å². The minimum Gasteiger partial charge on any atom is -0.497 e. The molecule has 8 heteroatoms. The molecule has 0 radical (unpaired) electrons. The van der Waals surface area contributed by atoms with Crippen molar-refractivity contribution in [2.45, 2.75) is 12.8 Å². The summed E-state index contributed by atoms with van der Waals surface area (Å²) >= 11 is 0. The highest BCUT2D eigenvalue weighted by Crippen LogP contribution is 2.28. The summed E-state index contributed by atoms with van der Waals surface area (Å²) in [6.07, 6.45) is -4.67. The van der Waals surface area contributed by atoms with E-state index in [1.165, 1.54) is 7.11 Å². The Balaban J connectivity index is 2.10. The number of halogens is 3. The van der Waals surface area contributed by atoms with Crippen LogP contribution in [0.5, 0.6) is 11.6 Å². The van der Waals surface area contributed by atoms with Crippen molar-refractivity contribution in [2.75, 3.05) is 12.8 Å². The average molecular weight is 299 g/mol. The van der Waals surface area contributed by atoms with Crippen LogP contribution in [0.2, 0.25) is 0 Å². The molecule has 0 saturated heterocycles. The number of hydrogen-bond donors (Lipinski definition) is 1. The lowest BCUT2D eigenvalue weighted by Gasteiger charge is -2.10. The number of nitrogens with two attached hydrogens (primary N) is 1. The Morgan fingerprint density at radius 1 is 1.14 bits per heavy atom. The monoisotopic (exact) mass is 299 g/mol. The van der Waals surface area contributed by atoms with Crippen molar-refractivity contribution in [1.29, 1.82) is 0 Å². The SMILES string of the molecule is COc1ccc(COc2cc(N)nc(C(F)(F)F)n2)cc1. The van der Waals surface area contributed by atoms with E-state index in [2.05, 4.69) is 9.97 Å². The lowest BCUT2D eigenvalue weighted by molar-refractivity contribution is -0.145. The van der Waals surface area contributed by atoms with Gasteiger partial charge in [-0.05, 0) is 17.7 Å². The van der Waals surface area contributed by atoms with Gasteiger partial charge in [0.25, 0.3) is 0 Å². The molecule has 0 unspecified atom stereocenters. The molecular weight excluding hydrogens is 287 g/mol. The summed E-state index contributed by atoms with van der Waals surface area (Å²) in [5.41, 5.74) is 6.07. The fourth-order valence-electron chi connectivity index (χ4n) is 1.52. The fourth-order valence-corrected chi connectivity index (χ4v) is 1.52. The standard InChI is InChI=1S/C13H12F3N3O2/c1-20-9-4-2-8(3-5-9)7-21-11-6-10(17)18-12(19-11)13(14,15)16/h2-6H,7H2,1H3,(H2,17,18,19). The van der Waals surface area contributed by atoms with E-state index in [9.17, 15) is 13.2 Å². The molecule has 0 aliphatic carbocycles. The number of benzene rings is 1. The second-order valence-electron chi connectivity index (χ2n) is 4.09. The number of anilines is 1. The van der Waals surface area contributed by atoms with E-state index in [4.69, 9.17) is 15.2 Å². The highest BCUT2D eigenvalue weighted by Gasteiger charge is 2.35. The Morgan fingerprint density at radius 3 is 2.38 bits per heavy atom. The molecule has 0 bridgehead atoms. The van der Waals surface area contributed by atoms with Gasteiger partial charge in [0.05, 0.1) is 7.11 Å². The van der Waals surface area contributed by atoms with Crippen molar-refractivity contribution < 1.29 is 22.6 Å². The van der Waals surface area contributed by atoms with Crippen molar-refractivity contribution in [2.24, 2.45) is 0 Å². The maximum atomic E-state index is 12.5. The first-order valence-electron chi connectivity index (χ1n) is 5.86. The molecule has 0 fully saturated rings. The Hall–Kier alpha value is -2.51. The molecule has 2 N–H and O–H groups in total. The lowest BCUT2D eigenvalue weighted by Crippen LogP contribution is -2.13. The van der Waals surface area contributed by atoms with Gasteiger partial charge in [-0.2, -0.15) is 18.2 Å². The first-order chi connectivity index (χ1) is 9.88. The molecular formula is C13H12F3N3O2. The van der Waals surface area contributed by atoms with Crippen LogP contribution in [0.4, 0.5) is 19.0 Å². The highest BCUT2D eigenvalue weighted by molar-refractivity contribution is 5.33. The topological polar surface area (TPSA) is 70.3 Å². The molecule has 0 saturated carbocycles. The summed E-state index contributed by atoms with van der Waals surface area (Å²) in [4.78, 5) is 6.42. The molecule has 1 aromatic carbocycles. The van der Waals surface area contributed by atoms with Gasteiger partial charge in [-0.15, -0.1) is 0 Å². The van der Waals surface area contributed by atoms with E-state index in [1.807, 2.05) is 0 Å². The van der Waals surface area contributed by atoms with Crippen LogP contribution in [-0.4, -0.2) is 17.1 Å². The number of nitrogen functional groups attached to an aromatic ring is 1. The zero-order valence-electron chi connectivity index (χ0n) is 11.0. The summed E-state index contributed by atoms with van der Waals surface area (Å²) in [6.45, 7) is 0.0533. The first kappa shape index (κ1) is 14.9. The molecule has 112 valence electrons. The Labute approximate surface area is 118 Å². The Kier molecular flexibility index (Phi) is 4.15. The molecule has 0 amide bonds. The van der Waals surface area contributed by atoms with E-state index >= 15 is 0 Å². The van der Waals surface area contributed by atoms with Gasteiger partial charge in [0.2, 0.25) is 11.7 Å². The van der Waals surface area contributed by atoms with E-state index in [-0.39, 0.29) is 18.3 Å². The molecule has 5 nitrogen and oxygen atoms in total. The van der Waals surface area contributed by atoms with Crippen molar-refractivity contribution in [1.82, 2.24) is 9.97 Å². The zero-order chi connectivity index (χ0) is 15.5.